The van der Waals surface area contributed by atoms with Crippen molar-refractivity contribution in [3.8, 4) is 0 Å². The van der Waals surface area contributed by atoms with E-state index in [9.17, 15) is 9.90 Å². The number of unbranched alkanes of at least 4 members (excludes halogenated alkanes) is 4. The summed E-state index contributed by atoms with van der Waals surface area (Å²) in [5.74, 6) is 1.85. The zero-order valence-electron chi connectivity index (χ0n) is 17.4. The predicted molar refractivity (Wildman–Crippen MR) is 116 cm³/mol. The van der Waals surface area contributed by atoms with Gasteiger partial charge in [-0.2, -0.15) is 11.8 Å². The van der Waals surface area contributed by atoms with E-state index in [1.165, 1.54) is 25.7 Å². The molecule has 1 rings (SSSR count). The number of rotatable bonds is 12. The lowest BCUT2D eigenvalue weighted by Crippen LogP contribution is -2.29. The van der Waals surface area contributed by atoms with E-state index in [2.05, 4.69) is 20.8 Å². The molecule has 0 aromatic heterocycles. The normalized spacial score (nSPS) is 22.7. The van der Waals surface area contributed by atoms with Gasteiger partial charge in [-0.15, -0.1) is 0 Å². The molecule has 150 valence electrons. The Labute approximate surface area is 165 Å². The van der Waals surface area contributed by atoms with Crippen LogP contribution >= 0.6 is 11.8 Å². The lowest BCUT2D eigenvalue weighted by Gasteiger charge is -2.27. The fourth-order valence-electron chi connectivity index (χ4n) is 3.72. The highest BCUT2D eigenvalue weighted by molar-refractivity contribution is 7.99. The van der Waals surface area contributed by atoms with Crippen molar-refractivity contribution in [3.63, 3.8) is 0 Å². The summed E-state index contributed by atoms with van der Waals surface area (Å²) in [5, 5.41) is 11.0. The first kappa shape index (κ1) is 23.3. The highest BCUT2D eigenvalue weighted by Gasteiger charge is 2.31. The van der Waals surface area contributed by atoms with Crippen LogP contribution in [0.4, 0.5) is 0 Å². The van der Waals surface area contributed by atoms with Gasteiger partial charge < -0.3 is 5.11 Å². The summed E-state index contributed by atoms with van der Waals surface area (Å²) < 4.78 is 0. The molecular weight excluding hydrogens is 342 g/mol. The largest absolute Gasteiger partial charge is 0.511 e. The van der Waals surface area contributed by atoms with Crippen LogP contribution in [0.3, 0.4) is 0 Å². The zero-order chi connectivity index (χ0) is 19.4. The molecule has 0 spiro atoms. The van der Waals surface area contributed by atoms with Crippen molar-refractivity contribution in [1.29, 1.82) is 0 Å². The Morgan fingerprint density at radius 1 is 1.15 bits per heavy atom. The highest BCUT2D eigenvalue weighted by Crippen LogP contribution is 2.32. The fourth-order valence-corrected chi connectivity index (χ4v) is 4.70. The monoisotopic (exact) mass is 381 g/mol. The molecule has 0 bridgehead atoms. The second-order valence-electron chi connectivity index (χ2n) is 7.51. The second-order valence-corrected chi connectivity index (χ2v) is 9.23. The van der Waals surface area contributed by atoms with Crippen LogP contribution in [0.5, 0.6) is 0 Å². The van der Waals surface area contributed by atoms with Gasteiger partial charge in [-0.3, -0.25) is 9.79 Å². The third-order valence-corrected chi connectivity index (χ3v) is 6.07. The Hall–Kier alpha value is -0.770. The molecule has 0 amide bonds. The van der Waals surface area contributed by atoms with Gasteiger partial charge in [0.2, 0.25) is 0 Å². The van der Waals surface area contributed by atoms with Crippen LogP contribution in [-0.2, 0) is 4.79 Å². The minimum atomic E-state index is 0.102. The van der Waals surface area contributed by atoms with E-state index in [4.69, 9.17) is 4.99 Å². The molecule has 3 nitrogen and oxygen atoms in total. The lowest BCUT2D eigenvalue weighted by atomic mass is 9.80. The number of hydrogen-bond acceptors (Lipinski definition) is 4. The number of aliphatic hydroxyl groups excluding tert-OH is 1. The van der Waals surface area contributed by atoms with Gasteiger partial charge in [-0.25, -0.2) is 0 Å². The van der Waals surface area contributed by atoms with Crippen LogP contribution in [0, 0.1) is 5.92 Å². The number of allylic oxidation sites excluding steroid dienone is 2. The first-order valence-electron chi connectivity index (χ1n) is 10.6. The third kappa shape index (κ3) is 8.28. The SMILES string of the molecule is CCCCCCCN=C1C[C@@H](C[C@H](C)SCC)CC(=O)C1=C(O)CCC. The molecule has 4 heteroatoms. The predicted octanol–water partition coefficient (Wildman–Crippen LogP) is 6.52. The van der Waals surface area contributed by atoms with E-state index in [1.54, 1.807) is 0 Å². The molecular formula is C22H39NO2S. The number of carbonyl (C=O) groups is 1. The quantitative estimate of drug-likeness (QED) is 0.238. The maximum Gasteiger partial charge on any atom is 0.168 e. The molecule has 26 heavy (non-hydrogen) atoms. The van der Waals surface area contributed by atoms with Crippen molar-refractivity contribution in [2.45, 2.75) is 97.2 Å². The Kier molecular flexibility index (Phi) is 12.0. The molecule has 0 aliphatic heterocycles. The summed E-state index contributed by atoms with van der Waals surface area (Å²) in [7, 11) is 0. The first-order chi connectivity index (χ1) is 12.5. The van der Waals surface area contributed by atoms with E-state index < -0.39 is 0 Å². The van der Waals surface area contributed by atoms with Crippen molar-refractivity contribution >= 4 is 23.3 Å². The molecule has 0 unspecified atom stereocenters. The maximum absolute atomic E-state index is 12.7. The number of aliphatic hydroxyl groups is 1. The average molecular weight is 382 g/mol. The fraction of sp³-hybridized carbons (Fsp3) is 0.818. The molecule has 1 aliphatic rings. The molecule has 1 saturated carbocycles. The summed E-state index contributed by atoms with van der Waals surface area (Å²) in [6, 6.07) is 0. The average Bonchev–Trinajstić information content (AvgIpc) is 2.58. The van der Waals surface area contributed by atoms with Crippen LogP contribution in [-0.4, -0.2) is 34.1 Å². The number of carbonyl (C=O) groups excluding carboxylic acids is 1. The first-order valence-corrected chi connectivity index (χ1v) is 11.7. The lowest BCUT2D eigenvalue weighted by molar-refractivity contribution is -0.116. The van der Waals surface area contributed by atoms with E-state index in [-0.39, 0.29) is 11.5 Å². The van der Waals surface area contributed by atoms with Gasteiger partial charge >= 0.3 is 0 Å². The van der Waals surface area contributed by atoms with Crippen molar-refractivity contribution in [2.24, 2.45) is 10.9 Å². The number of Topliss-reactive ketones (excluding diaryl/α,β-unsaturated/α-hetero) is 1. The Morgan fingerprint density at radius 3 is 2.54 bits per heavy atom. The van der Waals surface area contributed by atoms with Crippen molar-refractivity contribution in [3.05, 3.63) is 11.3 Å². The van der Waals surface area contributed by atoms with E-state index in [0.29, 0.717) is 29.6 Å². The molecule has 1 aliphatic carbocycles. The smallest absolute Gasteiger partial charge is 0.168 e. The van der Waals surface area contributed by atoms with Crippen LogP contribution in [0.2, 0.25) is 0 Å². The number of hydrogen-bond donors (Lipinski definition) is 1. The van der Waals surface area contributed by atoms with Gasteiger partial charge in [-0.05, 0) is 37.4 Å². The second kappa shape index (κ2) is 13.4. The molecule has 0 aromatic rings. The highest BCUT2D eigenvalue weighted by atomic mass is 32.2. The third-order valence-electron chi connectivity index (χ3n) is 4.98. The molecule has 2 atom stereocenters. The standard InChI is InChI=1S/C22H39NO2S/c1-5-8-9-10-11-13-23-19-15-18(14-17(4)26-7-3)16-21(25)22(19)20(24)12-6-2/h17-18,24H,5-16H2,1-4H3/t17-,18+/m0/s1. The van der Waals surface area contributed by atoms with Gasteiger partial charge in [0.25, 0.3) is 0 Å². The van der Waals surface area contributed by atoms with Crippen molar-refractivity contribution in [1.82, 2.24) is 0 Å². The van der Waals surface area contributed by atoms with E-state index >= 15 is 0 Å². The number of nitrogens with zero attached hydrogens (tertiary/aromatic N) is 1. The Bertz CT molecular complexity index is 485. The molecule has 0 heterocycles. The number of ketones is 1. The van der Waals surface area contributed by atoms with Crippen LogP contribution in [0.1, 0.15) is 91.9 Å². The van der Waals surface area contributed by atoms with Gasteiger partial charge in [-0.1, -0.05) is 53.4 Å². The number of aliphatic imine (C=N–C) groups is 1. The van der Waals surface area contributed by atoms with E-state index in [1.807, 2.05) is 18.7 Å². The summed E-state index contributed by atoms with van der Waals surface area (Å²) in [5.41, 5.74) is 1.42. The summed E-state index contributed by atoms with van der Waals surface area (Å²) in [6.45, 7) is 9.47. The van der Waals surface area contributed by atoms with Gasteiger partial charge in [0.1, 0.15) is 5.76 Å². The van der Waals surface area contributed by atoms with E-state index in [0.717, 1.165) is 43.7 Å². The summed E-state index contributed by atoms with van der Waals surface area (Å²) >= 11 is 1.96. The zero-order valence-corrected chi connectivity index (χ0v) is 18.2. The number of thioether (sulfide) groups is 1. The summed E-state index contributed by atoms with van der Waals surface area (Å²) in [6.07, 6.45) is 9.96. The molecule has 1 N–H and O–H groups in total. The van der Waals surface area contributed by atoms with Gasteiger partial charge in [0, 0.05) is 30.3 Å². The maximum atomic E-state index is 12.7. The van der Waals surface area contributed by atoms with Gasteiger partial charge in [0.15, 0.2) is 5.78 Å². The topological polar surface area (TPSA) is 49.7 Å². The van der Waals surface area contributed by atoms with Crippen LogP contribution < -0.4 is 0 Å². The van der Waals surface area contributed by atoms with Gasteiger partial charge in [0.05, 0.1) is 5.57 Å². The van der Waals surface area contributed by atoms with Crippen LogP contribution in [0.15, 0.2) is 16.3 Å². The molecule has 0 saturated heterocycles. The minimum absolute atomic E-state index is 0.102. The van der Waals surface area contributed by atoms with Crippen molar-refractivity contribution < 1.29 is 9.90 Å². The molecule has 0 radical (unpaired) electrons. The molecule has 1 fully saturated rings. The molecule has 0 aromatic carbocycles. The Morgan fingerprint density at radius 2 is 1.88 bits per heavy atom. The van der Waals surface area contributed by atoms with Crippen LogP contribution in [0.25, 0.3) is 0 Å². The summed E-state index contributed by atoms with van der Waals surface area (Å²) in [4.78, 5) is 17.5. The van der Waals surface area contributed by atoms with Crippen molar-refractivity contribution in [2.75, 3.05) is 12.3 Å². The Balaban J connectivity index is 2.80. The minimum Gasteiger partial charge on any atom is -0.511 e.